The molecule has 21 heavy (non-hydrogen) atoms. The Kier molecular flexibility index (Phi) is 4.91. The van der Waals surface area contributed by atoms with Gasteiger partial charge in [-0.2, -0.15) is 0 Å². The number of likely N-dealkylation sites (N-methyl/N-ethyl adjacent to an activating group) is 1. The number of carbonyl (C=O) groups excluding carboxylic acids is 1. The Hall–Kier alpha value is -1.94. The molecular formula is C17H20N2OS. The molecule has 0 aromatic heterocycles. The molecule has 2 rings (SSSR count). The topological polar surface area (TPSA) is 46.3 Å². The van der Waals surface area contributed by atoms with Crippen molar-refractivity contribution in [3.63, 3.8) is 0 Å². The maximum Gasteiger partial charge on any atom is 0.226 e. The number of hydrogen-bond donors (Lipinski definition) is 1. The van der Waals surface area contributed by atoms with Crippen LogP contribution in [-0.2, 0) is 11.2 Å². The van der Waals surface area contributed by atoms with Crippen molar-refractivity contribution in [3.8, 4) is 0 Å². The summed E-state index contributed by atoms with van der Waals surface area (Å²) in [7, 11) is 1.80. The summed E-state index contributed by atoms with van der Waals surface area (Å²) in [4.78, 5) is 14.5. The number of nitrogens with zero attached hydrogens (tertiary/aromatic N) is 1. The van der Waals surface area contributed by atoms with Gasteiger partial charge in [0.15, 0.2) is 0 Å². The second-order valence-electron chi connectivity index (χ2n) is 5.38. The van der Waals surface area contributed by atoms with Crippen molar-refractivity contribution < 1.29 is 4.79 Å². The van der Waals surface area contributed by atoms with Crippen molar-refractivity contribution in [2.45, 2.75) is 25.8 Å². The molecule has 0 radical (unpaired) electrons. The summed E-state index contributed by atoms with van der Waals surface area (Å²) in [5.41, 5.74) is 6.56. The van der Waals surface area contributed by atoms with Crippen LogP contribution in [0.5, 0.6) is 0 Å². The lowest BCUT2D eigenvalue weighted by molar-refractivity contribution is -0.130. The number of thiocarbonyl (C=S) groups is 1. The van der Waals surface area contributed by atoms with Crippen LogP contribution in [0.3, 0.4) is 0 Å². The summed E-state index contributed by atoms with van der Waals surface area (Å²) in [6.07, 6.45) is 0.943. The first-order valence-corrected chi connectivity index (χ1v) is 7.40. The molecule has 1 atom stereocenters. The van der Waals surface area contributed by atoms with Gasteiger partial charge < -0.3 is 10.6 Å². The molecule has 0 aliphatic carbocycles. The van der Waals surface area contributed by atoms with Gasteiger partial charge in [-0.05, 0) is 23.3 Å². The minimum atomic E-state index is 0.0236. The van der Waals surface area contributed by atoms with Crippen LogP contribution in [0.25, 0.3) is 10.8 Å². The van der Waals surface area contributed by atoms with Gasteiger partial charge in [0.25, 0.3) is 0 Å². The second-order valence-corrected chi connectivity index (χ2v) is 5.91. The number of rotatable bonds is 5. The zero-order valence-corrected chi connectivity index (χ0v) is 13.2. The van der Waals surface area contributed by atoms with Gasteiger partial charge in [0.05, 0.1) is 11.4 Å². The lowest BCUT2D eigenvalue weighted by Crippen LogP contribution is -2.38. The van der Waals surface area contributed by atoms with E-state index in [4.69, 9.17) is 18.0 Å². The highest BCUT2D eigenvalue weighted by molar-refractivity contribution is 7.80. The Labute approximate surface area is 130 Å². The Morgan fingerprint density at radius 3 is 2.57 bits per heavy atom. The molecule has 1 unspecified atom stereocenters. The van der Waals surface area contributed by atoms with E-state index in [1.807, 2.05) is 25.1 Å². The van der Waals surface area contributed by atoms with Crippen LogP contribution in [0, 0.1) is 0 Å². The Balaban J connectivity index is 2.08. The molecule has 2 aromatic carbocycles. The lowest BCUT2D eigenvalue weighted by atomic mass is 10.0. The average Bonchev–Trinajstić information content (AvgIpc) is 2.45. The zero-order chi connectivity index (χ0) is 15.4. The number of hydrogen-bond acceptors (Lipinski definition) is 2. The first-order chi connectivity index (χ1) is 9.97. The molecule has 0 heterocycles. The Morgan fingerprint density at radius 1 is 1.24 bits per heavy atom. The van der Waals surface area contributed by atoms with Crippen molar-refractivity contribution in [3.05, 3.63) is 48.0 Å². The normalized spacial score (nSPS) is 12.1. The van der Waals surface area contributed by atoms with Crippen LogP contribution in [0.2, 0.25) is 0 Å². The third-order valence-corrected chi connectivity index (χ3v) is 3.89. The smallest absolute Gasteiger partial charge is 0.226 e. The average molecular weight is 300 g/mol. The SMILES string of the molecule is CC(CC(N)=S)N(C)C(=O)Cc1ccc2ccccc2c1. The lowest BCUT2D eigenvalue weighted by Gasteiger charge is -2.24. The van der Waals surface area contributed by atoms with E-state index < -0.39 is 0 Å². The number of benzene rings is 2. The molecule has 0 bridgehead atoms. The van der Waals surface area contributed by atoms with E-state index in [9.17, 15) is 4.79 Å². The molecule has 110 valence electrons. The molecule has 3 nitrogen and oxygen atoms in total. The van der Waals surface area contributed by atoms with Gasteiger partial charge in [-0.1, -0.05) is 54.7 Å². The minimum absolute atomic E-state index is 0.0236. The van der Waals surface area contributed by atoms with E-state index in [0.29, 0.717) is 17.8 Å². The van der Waals surface area contributed by atoms with E-state index in [-0.39, 0.29) is 11.9 Å². The van der Waals surface area contributed by atoms with E-state index in [2.05, 4.69) is 24.3 Å². The van der Waals surface area contributed by atoms with Crippen LogP contribution < -0.4 is 5.73 Å². The number of amides is 1. The predicted octanol–water partition coefficient (Wildman–Crippen LogP) is 2.91. The van der Waals surface area contributed by atoms with Gasteiger partial charge in [-0.3, -0.25) is 4.79 Å². The first kappa shape index (κ1) is 15.4. The maximum absolute atomic E-state index is 12.3. The third kappa shape index (κ3) is 4.02. The molecule has 0 aliphatic rings. The van der Waals surface area contributed by atoms with Crippen molar-refractivity contribution in [2.75, 3.05) is 7.05 Å². The van der Waals surface area contributed by atoms with Crippen LogP contribution >= 0.6 is 12.2 Å². The molecule has 0 saturated heterocycles. The largest absolute Gasteiger partial charge is 0.393 e. The van der Waals surface area contributed by atoms with Gasteiger partial charge >= 0.3 is 0 Å². The van der Waals surface area contributed by atoms with E-state index in [1.54, 1.807) is 11.9 Å². The summed E-state index contributed by atoms with van der Waals surface area (Å²) in [6, 6.07) is 14.3. The van der Waals surface area contributed by atoms with Crippen LogP contribution in [0.4, 0.5) is 0 Å². The number of nitrogens with two attached hydrogens (primary N) is 1. The predicted molar refractivity (Wildman–Crippen MR) is 91.3 cm³/mol. The third-order valence-electron chi connectivity index (χ3n) is 3.72. The fourth-order valence-electron chi connectivity index (χ4n) is 2.32. The van der Waals surface area contributed by atoms with Gasteiger partial charge in [0.2, 0.25) is 5.91 Å². The molecule has 1 amide bonds. The fourth-order valence-corrected chi connectivity index (χ4v) is 2.56. The molecular weight excluding hydrogens is 280 g/mol. The molecule has 0 spiro atoms. The minimum Gasteiger partial charge on any atom is -0.393 e. The highest BCUT2D eigenvalue weighted by atomic mass is 32.1. The molecule has 0 saturated carbocycles. The summed E-state index contributed by atoms with van der Waals surface area (Å²) in [6.45, 7) is 1.96. The quantitative estimate of drug-likeness (QED) is 0.864. The van der Waals surface area contributed by atoms with Gasteiger partial charge in [0, 0.05) is 19.5 Å². The fraction of sp³-hybridized carbons (Fsp3) is 0.294. The van der Waals surface area contributed by atoms with E-state index in [1.165, 1.54) is 5.39 Å². The molecule has 0 aliphatic heterocycles. The molecule has 0 fully saturated rings. The van der Waals surface area contributed by atoms with Crippen LogP contribution in [0.1, 0.15) is 18.9 Å². The second kappa shape index (κ2) is 6.68. The van der Waals surface area contributed by atoms with Gasteiger partial charge in [0.1, 0.15) is 0 Å². The summed E-state index contributed by atoms with van der Waals surface area (Å²) < 4.78 is 0. The standard InChI is InChI=1S/C17H20N2OS/c1-12(9-16(18)21)19(2)17(20)11-13-7-8-14-5-3-4-6-15(14)10-13/h3-8,10,12H,9,11H2,1-2H3,(H2,18,21). The van der Waals surface area contributed by atoms with Crippen LogP contribution in [-0.4, -0.2) is 28.9 Å². The highest BCUT2D eigenvalue weighted by Crippen LogP contribution is 2.16. The summed E-state index contributed by atoms with van der Waals surface area (Å²) >= 11 is 4.90. The Morgan fingerprint density at radius 2 is 1.90 bits per heavy atom. The van der Waals surface area contributed by atoms with E-state index >= 15 is 0 Å². The van der Waals surface area contributed by atoms with Crippen molar-refractivity contribution in [2.24, 2.45) is 5.73 Å². The van der Waals surface area contributed by atoms with E-state index in [0.717, 1.165) is 10.9 Å². The number of fused-ring (bicyclic) bond motifs is 1. The molecule has 2 aromatic rings. The molecule has 4 heteroatoms. The number of carbonyl (C=O) groups is 1. The highest BCUT2D eigenvalue weighted by Gasteiger charge is 2.16. The molecule has 2 N–H and O–H groups in total. The summed E-state index contributed by atoms with van der Waals surface area (Å²) in [5, 5.41) is 2.34. The van der Waals surface area contributed by atoms with Crippen molar-refractivity contribution >= 4 is 33.9 Å². The Bertz CT molecular complexity index is 669. The van der Waals surface area contributed by atoms with Gasteiger partial charge in [-0.15, -0.1) is 0 Å². The van der Waals surface area contributed by atoms with Crippen LogP contribution in [0.15, 0.2) is 42.5 Å². The monoisotopic (exact) mass is 300 g/mol. The first-order valence-electron chi connectivity index (χ1n) is 6.99. The zero-order valence-electron chi connectivity index (χ0n) is 12.4. The maximum atomic E-state index is 12.3. The van der Waals surface area contributed by atoms with Crippen molar-refractivity contribution in [1.29, 1.82) is 0 Å². The van der Waals surface area contributed by atoms with Crippen molar-refractivity contribution in [1.82, 2.24) is 4.90 Å². The summed E-state index contributed by atoms with van der Waals surface area (Å²) in [5.74, 6) is 0.0778. The van der Waals surface area contributed by atoms with Gasteiger partial charge in [-0.25, -0.2) is 0 Å².